The Morgan fingerprint density at radius 3 is 2.84 bits per heavy atom. The summed E-state index contributed by atoms with van der Waals surface area (Å²) < 4.78 is 18.0. The van der Waals surface area contributed by atoms with Crippen molar-refractivity contribution >= 4 is 42.8 Å². The maximum absolute atomic E-state index is 11.8. The first-order chi connectivity index (χ1) is 15.5. The molecule has 1 saturated heterocycles. The van der Waals surface area contributed by atoms with Gasteiger partial charge in [-0.25, -0.2) is 9.48 Å². The van der Waals surface area contributed by atoms with Gasteiger partial charge in [0.05, 0.1) is 30.9 Å². The van der Waals surface area contributed by atoms with Crippen LogP contribution < -0.4 is 5.32 Å². The van der Waals surface area contributed by atoms with E-state index in [0.29, 0.717) is 30.3 Å². The standard InChI is InChI=1S/C19H27ClN5O6P/c1-2-29-17(26)18(32(27)28)30-10-12-7-8-14(31-12)25-16-13(9-21-25)15(23-19(20)24-16)22-11-5-3-4-6-11/h9,11-12,14,18,27-28H,2-8,10H2,1H3,(H,22,23,24). The van der Waals surface area contributed by atoms with E-state index in [2.05, 4.69) is 20.4 Å². The number of aromatic nitrogens is 4. The minimum absolute atomic E-state index is 0.0172. The van der Waals surface area contributed by atoms with Gasteiger partial charge in [0.1, 0.15) is 5.82 Å². The van der Waals surface area contributed by atoms with Crippen LogP contribution in [-0.2, 0) is 19.0 Å². The number of hydrogen-bond donors (Lipinski definition) is 3. The third-order valence-electron chi connectivity index (χ3n) is 5.62. The van der Waals surface area contributed by atoms with Crippen molar-refractivity contribution in [3.63, 3.8) is 0 Å². The molecule has 13 heteroatoms. The van der Waals surface area contributed by atoms with Gasteiger partial charge >= 0.3 is 5.97 Å². The Morgan fingerprint density at radius 1 is 1.34 bits per heavy atom. The van der Waals surface area contributed by atoms with Crippen LogP contribution in [0.3, 0.4) is 0 Å². The van der Waals surface area contributed by atoms with Crippen LogP contribution in [0.1, 0.15) is 51.7 Å². The van der Waals surface area contributed by atoms with Crippen LogP contribution in [0, 0.1) is 0 Å². The van der Waals surface area contributed by atoms with Gasteiger partial charge in [-0.05, 0) is 44.2 Å². The van der Waals surface area contributed by atoms with E-state index in [9.17, 15) is 14.6 Å². The van der Waals surface area contributed by atoms with Gasteiger partial charge in [-0.1, -0.05) is 12.8 Å². The molecule has 0 aromatic carbocycles. The van der Waals surface area contributed by atoms with Crippen LogP contribution in [0.4, 0.5) is 5.82 Å². The SMILES string of the molecule is CCOC(=O)C(OCC1CCC(n2ncc3c(NC4CCCC4)nc(Cl)nc32)O1)P(O)O. The molecule has 2 aliphatic rings. The maximum Gasteiger partial charge on any atom is 0.344 e. The number of carbonyl (C=O) groups excluding carboxylic acids is 1. The molecule has 1 saturated carbocycles. The van der Waals surface area contributed by atoms with Crippen molar-refractivity contribution in [2.24, 2.45) is 0 Å². The highest BCUT2D eigenvalue weighted by atomic mass is 35.5. The van der Waals surface area contributed by atoms with Crippen LogP contribution in [0.15, 0.2) is 6.20 Å². The Morgan fingerprint density at radius 2 is 2.12 bits per heavy atom. The molecule has 1 aliphatic heterocycles. The number of fused-ring (bicyclic) bond motifs is 1. The number of nitrogens with zero attached hydrogens (tertiary/aromatic N) is 4. The van der Waals surface area contributed by atoms with Crippen molar-refractivity contribution in [1.82, 2.24) is 19.7 Å². The van der Waals surface area contributed by atoms with Crippen molar-refractivity contribution in [1.29, 1.82) is 0 Å². The fourth-order valence-electron chi connectivity index (χ4n) is 4.11. The lowest BCUT2D eigenvalue weighted by Crippen LogP contribution is -2.29. The molecule has 11 nitrogen and oxygen atoms in total. The zero-order valence-corrected chi connectivity index (χ0v) is 19.3. The smallest absolute Gasteiger partial charge is 0.344 e. The summed E-state index contributed by atoms with van der Waals surface area (Å²) in [6.07, 6.45) is 6.85. The molecule has 3 N–H and O–H groups in total. The molecule has 2 aromatic heterocycles. The van der Waals surface area contributed by atoms with Crippen molar-refractivity contribution in [2.75, 3.05) is 18.5 Å². The second-order valence-electron chi connectivity index (χ2n) is 7.84. The Hall–Kier alpha value is -1.62. The van der Waals surface area contributed by atoms with Crippen molar-refractivity contribution in [3.05, 3.63) is 11.5 Å². The topological polar surface area (TPSA) is 141 Å². The van der Waals surface area contributed by atoms with Crippen molar-refractivity contribution < 1.29 is 28.8 Å². The lowest BCUT2D eigenvalue weighted by molar-refractivity contribution is -0.153. The monoisotopic (exact) mass is 487 g/mol. The third-order valence-corrected chi connectivity index (χ3v) is 6.57. The van der Waals surface area contributed by atoms with Crippen molar-refractivity contribution in [2.45, 2.75) is 69.7 Å². The molecule has 3 unspecified atom stereocenters. The van der Waals surface area contributed by atoms with Crippen molar-refractivity contribution in [3.8, 4) is 0 Å². The molecular weight excluding hydrogens is 461 g/mol. The second-order valence-corrected chi connectivity index (χ2v) is 9.29. The van der Waals surface area contributed by atoms with Gasteiger partial charge in [0.25, 0.3) is 0 Å². The van der Waals surface area contributed by atoms with Gasteiger partial charge in [-0.3, -0.25) is 0 Å². The number of rotatable bonds is 9. The summed E-state index contributed by atoms with van der Waals surface area (Å²) in [7, 11) is -2.63. The maximum atomic E-state index is 11.8. The van der Waals surface area contributed by atoms with E-state index < -0.39 is 26.4 Å². The molecule has 0 bridgehead atoms. The van der Waals surface area contributed by atoms with E-state index in [1.54, 1.807) is 17.8 Å². The molecule has 3 atom stereocenters. The van der Waals surface area contributed by atoms with Crippen LogP contribution in [0.2, 0.25) is 5.28 Å². The second kappa shape index (κ2) is 10.5. The first kappa shape index (κ1) is 23.5. The quantitative estimate of drug-likeness (QED) is 0.274. The van der Waals surface area contributed by atoms with E-state index in [1.807, 2.05) is 0 Å². The predicted octanol–water partition coefficient (Wildman–Crippen LogP) is 2.71. The zero-order chi connectivity index (χ0) is 22.7. The molecule has 1 aliphatic carbocycles. The molecule has 0 radical (unpaired) electrons. The Kier molecular flexibility index (Phi) is 7.75. The summed E-state index contributed by atoms with van der Waals surface area (Å²) >= 11 is 6.19. The third kappa shape index (κ3) is 5.30. The summed E-state index contributed by atoms with van der Waals surface area (Å²) in [5, 5.41) is 8.84. The van der Waals surface area contributed by atoms with Gasteiger partial charge in [-0.15, -0.1) is 0 Å². The number of hydrogen-bond acceptors (Lipinski definition) is 10. The molecule has 0 amide bonds. The number of halogens is 1. The Labute approximate surface area is 191 Å². The minimum atomic E-state index is -2.63. The Balaban J connectivity index is 1.43. The van der Waals surface area contributed by atoms with Crippen LogP contribution >= 0.6 is 20.0 Å². The number of esters is 1. The molecule has 176 valence electrons. The lowest BCUT2D eigenvalue weighted by Gasteiger charge is -2.20. The Bertz CT molecular complexity index is 940. The fourth-order valence-corrected chi connectivity index (χ4v) is 4.76. The van der Waals surface area contributed by atoms with Gasteiger partial charge in [0.15, 0.2) is 11.9 Å². The molecule has 32 heavy (non-hydrogen) atoms. The van der Waals surface area contributed by atoms with E-state index in [-0.39, 0.29) is 24.6 Å². The zero-order valence-electron chi connectivity index (χ0n) is 17.7. The van der Waals surface area contributed by atoms with Gasteiger partial charge < -0.3 is 29.3 Å². The summed E-state index contributed by atoms with van der Waals surface area (Å²) in [5.41, 5.74) is 0.579. The van der Waals surface area contributed by atoms with E-state index in [1.165, 1.54) is 12.8 Å². The molecule has 0 spiro atoms. The first-order valence-electron chi connectivity index (χ1n) is 10.7. The summed E-state index contributed by atoms with van der Waals surface area (Å²) in [4.78, 5) is 39.5. The highest BCUT2D eigenvalue weighted by Crippen LogP contribution is 2.36. The average Bonchev–Trinajstić information content (AvgIpc) is 3.48. The van der Waals surface area contributed by atoms with E-state index >= 15 is 0 Å². The highest BCUT2D eigenvalue weighted by Gasteiger charge is 2.34. The van der Waals surface area contributed by atoms with Crippen LogP contribution in [0.5, 0.6) is 0 Å². The number of nitrogens with one attached hydrogen (secondary N) is 1. The predicted molar refractivity (Wildman–Crippen MR) is 117 cm³/mol. The summed E-state index contributed by atoms with van der Waals surface area (Å²) in [6.45, 7) is 1.77. The number of carbonyl (C=O) groups is 1. The normalized spacial score (nSPS) is 22.7. The lowest BCUT2D eigenvalue weighted by atomic mass is 10.2. The van der Waals surface area contributed by atoms with Crippen LogP contribution in [-0.4, -0.2) is 66.7 Å². The largest absolute Gasteiger partial charge is 0.464 e. The molecule has 2 fully saturated rings. The van der Waals surface area contributed by atoms with E-state index in [4.69, 9.17) is 25.8 Å². The average molecular weight is 488 g/mol. The number of anilines is 1. The van der Waals surface area contributed by atoms with Gasteiger partial charge in [0, 0.05) is 6.04 Å². The van der Waals surface area contributed by atoms with Crippen LogP contribution in [0.25, 0.3) is 11.0 Å². The number of ether oxygens (including phenoxy) is 3. The minimum Gasteiger partial charge on any atom is -0.464 e. The molecular formula is C19H27ClN5O6P. The van der Waals surface area contributed by atoms with E-state index in [0.717, 1.165) is 18.2 Å². The highest BCUT2D eigenvalue weighted by molar-refractivity contribution is 7.46. The fraction of sp³-hybridized carbons (Fsp3) is 0.684. The first-order valence-corrected chi connectivity index (χ1v) is 12.4. The van der Waals surface area contributed by atoms with Gasteiger partial charge in [0.2, 0.25) is 19.5 Å². The molecule has 4 rings (SSSR count). The van der Waals surface area contributed by atoms with Gasteiger partial charge in [-0.2, -0.15) is 15.1 Å². The molecule has 2 aromatic rings. The molecule has 3 heterocycles. The summed E-state index contributed by atoms with van der Waals surface area (Å²) in [5.74, 6) is -1.55. The summed E-state index contributed by atoms with van der Waals surface area (Å²) in [6, 6.07) is 0.368.